The zero-order chi connectivity index (χ0) is 20.4. The van der Waals surface area contributed by atoms with Gasteiger partial charge in [-0.05, 0) is 48.9 Å². The highest BCUT2D eigenvalue weighted by Gasteiger charge is 2.32. The highest BCUT2D eigenvalue weighted by molar-refractivity contribution is 7.98. The Hall–Kier alpha value is -3.07. The van der Waals surface area contributed by atoms with Crippen LogP contribution >= 0.6 is 11.8 Å². The molecule has 1 aromatic carbocycles. The maximum absolute atomic E-state index is 12.8. The molecule has 3 heterocycles. The number of alkyl halides is 3. The number of aromatic amines is 1. The molecule has 0 bridgehead atoms. The van der Waals surface area contributed by atoms with Gasteiger partial charge >= 0.3 is 6.18 Å². The molecule has 0 atom stereocenters. The van der Waals surface area contributed by atoms with E-state index in [0.717, 1.165) is 34.2 Å². The number of benzene rings is 1. The zero-order valence-corrected chi connectivity index (χ0v) is 16.1. The van der Waals surface area contributed by atoms with Crippen LogP contribution in [0, 0.1) is 6.92 Å². The number of thioether (sulfide) groups is 1. The predicted octanol–water partition coefficient (Wildman–Crippen LogP) is 5.72. The molecule has 0 radical (unpaired) electrons. The van der Waals surface area contributed by atoms with Crippen LogP contribution < -0.4 is 5.32 Å². The molecule has 4 aromatic rings. The monoisotopic (exact) mass is 415 g/mol. The van der Waals surface area contributed by atoms with E-state index in [2.05, 4.69) is 25.3 Å². The summed E-state index contributed by atoms with van der Waals surface area (Å²) in [4.78, 5) is 15.9. The number of nitrogens with zero attached hydrogens (tertiary/aromatic N) is 3. The number of fused-ring (bicyclic) bond motifs is 1. The molecule has 9 heteroatoms. The van der Waals surface area contributed by atoms with E-state index in [-0.39, 0.29) is 0 Å². The lowest BCUT2D eigenvalue weighted by Gasteiger charge is -2.06. The normalized spacial score (nSPS) is 11.7. The second kappa shape index (κ2) is 7.75. The van der Waals surface area contributed by atoms with Crippen molar-refractivity contribution in [2.45, 2.75) is 23.7 Å². The molecule has 0 amide bonds. The molecule has 0 aliphatic heterocycles. The molecule has 0 spiro atoms. The third kappa shape index (κ3) is 4.68. The number of aromatic nitrogens is 4. The van der Waals surface area contributed by atoms with E-state index in [0.29, 0.717) is 16.5 Å². The van der Waals surface area contributed by atoms with Gasteiger partial charge in [0, 0.05) is 23.0 Å². The van der Waals surface area contributed by atoms with Gasteiger partial charge in [0.2, 0.25) is 0 Å². The summed E-state index contributed by atoms with van der Waals surface area (Å²) in [5.41, 5.74) is 2.66. The lowest BCUT2D eigenvalue weighted by atomic mass is 10.2. The molecule has 0 aliphatic carbocycles. The fourth-order valence-corrected chi connectivity index (χ4v) is 3.49. The van der Waals surface area contributed by atoms with Gasteiger partial charge in [0.1, 0.15) is 17.3 Å². The minimum Gasteiger partial charge on any atom is -0.341 e. The molecule has 4 rings (SSSR count). The van der Waals surface area contributed by atoms with Gasteiger partial charge in [-0.15, -0.1) is 11.8 Å². The van der Waals surface area contributed by atoms with Gasteiger partial charge in [-0.3, -0.25) is 4.98 Å². The highest BCUT2D eigenvalue weighted by Crippen LogP contribution is 2.31. The predicted molar refractivity (Wildman–Crippen MR) is 107 cm³/mol. The topological polar surface area (TPSA) is 66.5 Å². The summed E-state index contributed by atoms with van der Waals surface area (Å²) in [6.07, 6.45) is -1.50. The summed E-state index contributed by atoms with van der Waals surface area (Å²) in [7, 11) is 0. The molecule has 5 nitrogen and oxygen atoms in total. The van der Waals surface area contributed by atoms with Crippen molar-refractivity contribution in [3.63, 3.8) is 0 Å². The quantitative estimate of drug-likeness (QED) is 0.408. The first-order valence-electron chi connectivity index (χ1n) is 8.71. The van der Waals surface area contributed by atoms with Crippen LogP contribution in [0.15, 0.2) is 59.8 Å². The summed E-state index contributed by atoms with van der Waals surface area (Å²) >= 11 is 1.27. The van der Waals surface area contributed by atoms with E-state index in [1.54, 1.807) is 12.3 Å². The van der Waals surface area contributed by atoms with Crippen LogP contribution in [0.4, 0.5) is 24.7 Å². The van der Waals surface area contributed by atoms with Crippen LogP contribution in [0.25, 0.3) is 11.0 Å². The molecular formula is C20H16F3N5S. The van der Waals surface area contributed by atoms with Crippen molar-refractivity contribution in [2.24, 2.45) is 0 Å². The van der Waals surface area contributed by atoms with Crippen molar-refractivity contribution in [3.8, 4) is 0 Å². The maximum Gasteiger partial charge on any atom is 0.433 e. The first kappa shape index (κ1) is 19.3. The average Bonchev–Trinajstić information content (AvgIpc) is 3.10. The van der Waals surface area contributed by atoms with Crippen molar-refractivity contribution in [1.82, 2.24) is 19.9 Å². The fourth-order valence-electron chi connectivity index (χ4n) is 2.70. The van der Waals surface area contributed by atoms with Crippen LogP contribution in [0.3, 0.4) is 0 Å². The van der Waals surface area contributed by atoms with Gasteiger partial charge in [-0.25, -0.2) is 9.97 Å². The van der Waals surface area contributed by atoms with E-state index >= 15 is 0 Å². The Bertz CT molecular complexity index is 1140. The fraction of sp³-hybridized carbons (Fsp3) is 0.150. The highest BCUT2D eigenvalue weighted by atomic mass is 32.2. The number of imidazole rings is 1. The van der Waals surface area contributed by atoms with Gasteiger partial charge in [-0.2, -0.15) is 13.2 Å². The first-order chi connectivity index (χ1) is 13.9. The molecular weight excluding hydrogens is 399 g/mol. The molecule has 0 saturated heterocycles. The molecule has 0 fully saturated rings. The lowest BCUT2D eigenvalue weighted by Crippen LogP contribution is -2.07. The van der Waals surface area contributed by atoms with Crippen LogP contribution in [0.2, 0.25) is 0 Å². The number of nitrogens with one attached hydrogen (secondary N) is 2. The second-order valence-corrected chi connectivity index (χ2v) is 7.47. The maximum atomic E-state index is 12.8. The molecule has 29 heavy (non-hydrogen) atoms. The number of anilines is 2. The Morgan fingerprint density at radius 1 is 1.07 bits per heavy atom. The van der Waals surface area contributed by atoms with Crippen molar-refractivity contribution < 1.29 is 13.2 Å². The number of hydrogen-bond donors (Lipinski definition) is 2. The summed E-state index contributed by atoms with van der Waals surface area (Å²) in [5, 5.41) is 3.23. The van der Waals surface area contributed by atoms with Crippen LogP contribution in [0.1, 0.15) is 17.1 Å². The Balaban J connectivity index is 1.47. The molecule has 0 aliphatic rings. The smallest absolute Gasteiger partial charge is 0.341 e. The average molecular weight is 415 g/mol. The van der Waals surface area contributed by atoms with E-state index in [9.17, 15) is 13.2 Å². The van der Waals surface area contributed by atoms with Crippen molar-refractivity contribution in [3.05, 3.63) is 71.9 Å². The van der Waals surface area contributed by atoms with Crippen molar-refractivity contribution >= 4 is 34.3 Å². The number of rotatable bonds is 5. The third-order valence-electron chi connectivity index (χ3n) is 4.11. The number of pyridine rings is 2. The van der Waals surface area contributed by atoms with E-state index in [1.165, 1.54) is 18.0 Å². The summed E-state index contributed by atoms with van der Waals surface area (Å²) < 4.78 is 38.4. The van der Waals surface area contributed by atoms with Gasteiger partial charge in [-0.1, -0.05) is 6.07 Å². The second-order valence-electron chi connectivity index (χ2n) is 6.42. The third-order valence-corrected chi connectivity index (χ3v) is 5.12. The first-order valence-corrected chi connectivity index (χ1v) is 9.70. The standard InChI is InChI=1S/C20H16F3N5S/c1-12-2-5-18(25-10-12)26-13-3-4-15-16(8-13)28-19(27-15)11-29-14-6-7-24-17(9-14)20(21,22)23/h2-10H,11H2,1H3,(H,25,26)(H,27,28). The molecule has 0 saturated carbocycles. The number of aryl methyl sites for hydroxylation is 1. The Morgan fingerprint density at radius 2 is 1.93 bits per heavy atom. The number of H-pyrrole nitrogens is 1. The molecule has 3 aromatic heterocycles. The summed E-state index contributed by atoms with van der Waals surface area (Å²) in [5.74, 6) is 1.83. The molecule has 148 valence electrons. The van der Waals surface area contributed by atoms with E-state index in [1.807, 2.05) is 37.3 Å². The minimum atomic E-state index is -4.45. The van der Waals surface area contributed by atoms with Crippen LogP contribution in [-0.4, -0.2) is 19.9 Å². The summed E-state index contributed by atoms with van der Waals surface area (Å²) in [6.45, 7) is 1.97. The largest absolute Gasteiger partial charge is 0.433 e. The number of hydrogen-bond acceptors (Lipinski definition) is 5. The van der Waals surface area contributed by atoms with E-state index in [4.69, 9.17) is 0 Å². The molecule has 2 N–H and O–H groups in total. The van der Waals surface area contributed by atoms with Crippen molar-refractivity contribution in [1.29, 1.82) is 0 Å². The Kier molecular flexibility index (Phi) is 5.14. The number of halogens is 3. The van der Waals surface area contributed by atoms with Gasteiger partial charge < -0.3 is 10.3 Å². The Morgan fingerprint density at radius 3 is 2.69 bits per heavy atom. The van der Waals surface area contributed by atoms with E-state index < -0.39 is 11.9 Å². The summed E-state index contributed by atoms with van der Waals surface area (Å²) in [6, 6.07) is 12.2. The van der Waals surface area contributed by atoms with Gasteiger partial charge in [0.25, 0.3) is 0 Å². The molecule has 0 unspecified atom stereocenters. The SMILES string of the molecule is Cc1ccc(Nc2ccc3[nH]c(CSc4ccnc(C(F)(F)F)c4)nc3c2)nc1. The van der Waals surface area contributed by atoms with Crippen LogP contribution in [-0.2, 0) is 11.9 Å². The van der Waals surface area contributed by atoms with Gasteiger partial charge in [0.05, 0.1) is 16.8 Å². The van der Waals surface area contributed by atoms with Crippen molar-refractivity contribution in [2.75, 3.05) is 5.32 Å². The zero-order valence-electron chi connectivity index (χ0n) is 15.3. The Labute approximate surface area is 168 Å². The lowest BCUT2D eigenvalue weighted by molar-refractivity contribution is -0.141. The minimum absolute atomic E-state index is 0.415. The van der Waals surface area contributed by atoms with Crippen LogP contribution in [0.5, 0.6) is 0 Å². The van der Waals surface area contributed by atoms with Gasteiger partial charge in [0.15, 0.2) is 0 Å².